The highest BCUT2D eigenvalue weighted by molar-refractivity contribution is 7.80. The molecule has 1 aromatic carbocycles. The van der Waals surface area contributed by atoms with Crippen LogP contribution in [0.2, 0.25) is 5.02 Å². The molecule has 3 nitrogen and oxygen atoms in total. The predicted molar refractivity (Wildman–Crippen MR) is 83.3 cm³/mol. The minimum atomic E-state index is 0.284. The second-order valence-electron chi connectivity index (χ2n) is 4.41. The van der Waals surface area contributed by atoms with E-state index in [4.69, 9.17) is 29.6 Å². The Hall–Kier alpha value is -1.39. The molecule has 5 heteroatoms. The van der Waals surface area contributed by atoms with E-state index in [-0.39, 0.29) is 4.99 Å². The number of hydrogen-bond donors (Lipinski definition) is 1. The van der Waals surface area contributed by atoms with Gasteiger partial charge in [-0.25, -0.2) is 4.68 Å². The summed E-state index contributed by atoms with van der Waals surface area (Å²) in [6, 6.07) is 5.59. The molecule has 0 aliphatic carbocycles. The Balaban J connectivity index is 2.73. The zero-order valence-corrected chi connectivity index (χ0v) is 12.8. The maximum atomic E-state index is 6.20. The van der Waals surface area contributed by atoms with Gasteiger partial charge in [0, 0.05) is 5.69 Å². The summed E-state index contributed by atoms with van der Waals surface area (Å²) in [6.07, 6.45) is 0.945. The van der Waals surface area contributed by atoms with Crippen LogP contribution in [0.15, 0.2) is 18.2 Å². The van der Waals surface area contributed by atoms with E-state index in [0.717, 1.165) is 23.5 Å². The van der Waals surface area contributed by atoms with E-state index in [0.29, 0.717) is 10.6 Å². The van der Waals surface area contributed by atoms with Crippen LogP contribution in [0.25, 0.3) is 5.69 Å². The first-order valence-corrected chi connectivity index (χ1v) is 6.89. The first-order chi connectivity index (χ1) is 8.97. The van der Waals surface area contributed by atoms with Crippen molar-refractivity contribution in [1.29, 1.82) is 0 Å². The molecule has 0 aliphatic heterocycles. The Morgan fingerprint density at radius 2 is 2.11 bits per heavy atom. The fourth-order valence-electron chi connectivity index (χ4n) is 2.35. The molecule has 1 heterocycles. The highest BCUT2D eigenvalue weighted by Gasteiger charge is 2.16. The molecule has 0 spiro atoms. The van der Waals surface area contributed by atoms with Gasteiger partial charge in [0.2, 0.25) is 0 Å². The van der Waals surface area contributed by atoms with Crippen LogP contribution < -0.4 is 5.73 Å². The number of thiocarbonyl (C=S) groups is 1. The molecular formula is C14H16ClN3S. The van der Waals surface area contributed by atoms with Gasteiger partial charge in [-0.2, -0.15) is 5.10 Å². The highest BCUT2D eigenvalue weighted by Crippen LogP contribution is 2.26. The molecule has 0 amide bonds. The monoisotopic (exact) mass is 293 g/mol. The van der Waals surface area contributed by atoms with Crippen molar-refractivity contribution in [2.24, 2.45) is 5.73 Å². The van der Waals surface area contributed by atoms with Crippen molar-refractivity contribution in [1.82, 2.24) is 9.78 Å². The lowest BCUT2D eigenvalue weighted by molar-refractivity contribution is 0.831. The van der Waals surface area contributed by atoms with Gasteiger partial charge in [0.05, 0.1) is 22.0 Å². The Morgan fingerprint density at radius 1 is 1.42 bits per heavy atom. The number of aromatic nitrogens is 2. The van der Waals surface area contributed by atoms with Gasteiger partial charge in [0.25, 0.3) is 0 Å². The smallest absolute Gasteiger partial charge is 0.107 e. The summed E-state index contributed by atoms with van der Waals surface area (Å²) in [5.74, 6) is 0. The Labute approximate surface area is 123 Å². The molecule has 2 rings (SSSR count). The summed E-state index contributed by atoms with van der Waals surface area (Å²) in [6.45, 7) is 6.17. The average molecular weight is 294 g/mol. The highest BCUT2D eigenvalue weighted by atomic mass is 35.5. The quantitative estimate of drug-likeness (QED) is 0.883. The number of aryl methyl sites for hydroxylation is 1. The number of nitrogens with two attached hydrogens (primary N) is 1. The lowest BCUT2D eigenvalue weighted by Gasteiger charge is -2.12. The van der Waals surface area contributed by atoms with Crippen LogP contribution >= 0.6 is 23.8 Å². The summed E-state index contributed by atoms with van der Waals surface area (Å²) in [5, 5.41) is 5.13. The van der Waals surface area contributed by atoms with Crippen molar-refractivity contribution < 1.29 is 0 Å². The number of nitrogens with zero attached hydrogens (tertiary/aromatic N) is 2. The number of rotatable bonds is 3. The Bertz CT molecular complexity index is 646. The summed E-state index contributed by atoms with van der Waals surface area (Å²) >= 11 is 11.3. The largest absolute Gasteiger partial charge is 0.389 e. The Kier molecular flexibility index (Phi) is 3.92. The maximum absolute atomic E-state index is 6.20. The third-order valence-electron chi connectivity index (χ3n) is 3.26. The van der Waals surface area contributed by atoms with E-state index in [2.05, 4.69) is 12.0 Å². The van der Waals surface area contributed by atoms with E-state index < -0.39 is 0 Å². The second-order valence-corrected chi connectivity index (χ2v) is 5.26. The van der Waals surface area contributed by atoms with Crippen molar-refractivity contribution in [2.45, 2.75) is 27.2 Å². The van der Waals surface area contributed by atoms with Gasteiger partial charge < -0.3 is 5.73 Å². The van der Waals surface area contributed by atoms with Gasteiger partial charge in [0.15, 0.2) is 0 Å². The molecule has 0 fully saturated rings. The Morgan fingerprint density at radius 3 is 2.63 bits per heavy atom. The third-order valence-corrected chi connectivity index (χ3v) is 3.78. The molecule has 2 aromatic rings. The molecule has 0 bridgehead atoms. The van der Waals surface area contributed by atoms with Gasteiger partial charge in [0.1, 0.15) is 4.99 Å². The van der Waals surface area contributed by atoms with Crippen LogP contribution in [0, 0.1) is 13.8 Å². The van der Waals surface area contributed by atoms with Gasteiger partial charge in [-0.3, -0.25) is 0 Å². The molecular weight excluding hydrogens is 278 g/mol. The number of halogens is 1. The molecule has 0 aliphatic rings. The minimum Gasteiger partial charge on any atom is -0.389 e. The van der Waals surface area contributed by atoms with E-state index in [1.165, 1.54) is 5.56 Å². The fourth-order valence-corrected chi connectivity index (χ4v) is 2.90. The molecule has 0 saturated carbocycles. The molecule has 1 aromatic heterocycles. The zero-order valence-electron chi connectivity index (χ0n) is 11.2. The van der Waals surface area contributed by atoms with Crippen LogP contribution in [-0.4, -0.2) is 14.8 Å². The first kappa shape index (κ1) is 14.0. The summed E-state index contributed by atoms with van der Waals surface area (Å²) in [7, 11) is 0. The normalized spacial score (nSPS) is 10.7. The van der Waals surface area contributed by atoms with Crippen LogP contribution in [0.4, 0.5) is 0 Å². The van der Waals surface area contributed by atoms with Crippen LogP contribution in [-0.2, 0) is 6.42 Å². The molecule has 2 N–H and O–H groups in total. The van der Waals surface area contributed by atoms with Crippen molar-refractivity contribution in [3.05, 3.63) is 45.7 Å². The summed E-state index contributed by atoms with van der Waals surface area (Å²) in [5.41, 5.74) is 10.7. The van der Waals surface area contributed by atoms with E-state index >= 15 is 0 Å². The molecule has 0 saturated heterocycles. The number of hydrogen-bond acceptors (Lipinski definition) is 2. The zero-order chi connectivity index (χ0) is 14.2. The first-order valence-electron chi connectivity index (χ1n) is 6.11. The van der Waals surface area contributed by atoms with Gasteiger partial charge in [-0.15, -0.1) is 0 Å². The fraction of sp³-hybridized carbons (Fsp3) is 0.286. The van der Waals surface area contributed by atoms with Gasteiger partial charge >= 0.3 is 0 Å². The standard InChI is InChI=1S/C14H16ClN3S/c1-4-10-8(2)17-18(9(10)3)12-7-5-6-11(15)13(12)14(16)19/h5-7H,4H2,1-3H3,(H2,16,19). The van der Waals surface area contributed by atoms with E-state index in [9.17, 15) is 0 Å². The van der Waals surface area contributed by atoms with Crippen LogP contribution in [0.5, 0.6) is 0 Å². The maximum Gasteiger partial charge on any atom is 0.107 e. The topological polar surface area (TPSA) is 43.8 Å². The molecule has 19 heavy (non-hydrogen) atoms. The van der Waals surface area contributed by atoms with E-state index in [1.54, 1.807) is 6.07 Å². The van der Waals surface area contributed by atoms with Gasteiger partial charge in [-0.05, 0) is 38.0 Å². The molecule has 0 atom stereocenters. The molecule has 0 unspecified atom stereocenters. The SMILES string of the molecule is CCc1c(C)nn(-c2cccc(Cl)c2C(N)=S)c1C. The lowest BCUT2D eigenvalue weighted by Crippen LogP contribution is -2.15. The summed E-state index contributed by atoms with van der Waals surface area (Å²) < 4.78 is 1.87. The van der Waals surface area contributed by atoms with Crippen LogP contribution in [0.3, 0.4) is 0 Å². The second kappa shape index (κ2) is 5.31. The summed E-state index contributed by atoms with van der Waals surface area (Å²) in [4.78, 5) is 0.284. The number of benzene rings is 1. The van der Waals surface area contributed by atoms with Gasteiger partial charge in [-0.1, -0.05) is 36.8 Å². The van der Waals surface area contributed by atoms with Crippen molar-refractivity contribution >= 4 is 28.8 Å². The van der Waals surface area contributed by atoms with Crippen molar-refractivity contribution in [3.8, 4) is 5.69 Å². The molecule has 0 radical (unpaired) electrons. The third kappa shape index (κ3) is 2.38. The van der Waals surface area contributed by atoms with Crippen LogP contribution in [0.1, 0.15) is 29.4 Å². The minimum absolute atomic E-state index is 0.284. The van der Waals surface area contributed by atoms with E-state index in [1.807, 2.05) is 30.7 Å². The molecule has 100 valence electrons. The lowest BCUT2D eigenvalue weighted by atomic mass is 10.1. The van der Waals surface area contributed by atoms with Crippen molar-refractivity contribution in [2.75, 3.05) is 0 Å². The predicted octanol–water partition coefficient (Wildman–Crippen LogP) is 3.34. The van der Waals surface area contributed by atoms with Crippen molar-refractivity contribution in [3.63, 3.8) is 0 Å². The average Bonchev–Trinajstić information content (AvgIpc) is 2.63.